The molecule has 2 aromatic rings. The number of rotatable bonds is 4. The van der Waals surface area contributed by atoms with Gasteiger partial charge in [0.25, 0.3) is 0 Å². The highest BCUT2D eigenvalue weighted by Crippen LogP contribution is 2.25. The third-order valence-electron chi connectivity index (χ3n) is 3.63. The highest BCUT2D eigenvalue weighted by Gasteiger charge is 2.27. The van der Waals surface area contributed by atoms with Gasteiger partial charge in [0.1, 0.15) is 0 Å². The molecular weight excluding hydrogens is 293 g/mol. The standard InChI is InChI=1S/C15H17Cl2N3/c1-11-5-18-20(6-11)10-13-8-19(9-13)7-12-2-3-14(16)15(17)4-12/h2-6,13H,7-10H2,1H3. The molecule has 0 atom stereocenters. The number of benzene rings is 1. The second kappa shape index (κ2) is 5.76. The summed E-state index contributed by atoms with van der Waals surface area (Å²) >= 11 is 12.0. The zero-order chi connectivity index (χ0) is 14.1. The maximum absolute atomic E-state index is 6.03. The van der Waals surface area contributed by atoms with Crippen LogP contribution in [0.3, 0.4) is 0 Å². The molecule has 0 unspecified atom stereocenters. The van der Waals surface area contributed by atoms with Crippen molar-refractivity contribution in [2.24, 2.45) is 5.92 Å². The summed E-state index contributed by atoms with van der Waals surface area (Å²) in [4.78, 5) is 2.42. The van der Waals surface area contributed by atoms with E-state index in [2.05, 4.69) is 23.1 Å². The topological polar surface area (TPSA) is 21.1 Å². The quantitative estimate of drug-likeness (QED) is 0.860. The van der Waals surface area contributed by atoms with Crippen molar-refractivity contribution < 1.29 is 0 Å². The predicted molar refractivity (Wildman–Crippen MR) is 82.2 cm³/mol. The largest absolute Gasteiger partial charge is 0.298 e. The van der Waals surface area contributed by atoms with Crippen molar-refractivity contribution in [1.82, 2.24) is 14.7 Å². The highest BCUT2D eigenvalue weighted by atomic mass is 35.5. The van der Waals surface area contributed by atoms with Crippen molar-refractivity contribution >= 4 is 23.2 Å². The van der Waals surface area contributed by atoms with Crippen molar-refractivity contribution in [2.75, 3.05) is 13.1 Å². The number of hydrogen-bond acceptors (Lipinski definition) is 2. The zero-order valence-corrected chi connectivity index (χ0v) is 12.9. The van der Waals surface area contributed by atoms with E-state index >= 15 is 0 Å². The molecule has 1 aliphatic rings. The van der Waals surface area contributed by atoms with Crippen LogP contribution in [-0.4, -0.2) is 27.8 Å². The van der Waals surface area contributed by atoms with Gasteiger partial charge in [0.15, 0.2) is 0 Å². The Hall–Kier alpha value is -1.03. The summed E-state index contributed by atoms with van der Waals surface area (Å²) in [6.07, 6.45) is 4.01. The van der Waals surface area contributed by atoms with Crippen molar-refractivity contribution in [3.05, 3.63) is 51.8 Å². The first-order valence-electron chi connectivity index (χ1n) is 6.75. The van der Waals surface area contributed by atoms with Crippen molar-refractivity contribution in [3.63, 3.8) is 0 Å². The predicted octanol–water partition coefficient (Wildman–Crippen LogP) is 3.63. The fourth-order valence-electron chi connectivity index (χ4n) is 2.65. The number of nitrogens with zero attached hydrogens (tertiary/aromatic N) is 3. The summed E-state index contributed by atoms with van der Waals surface area (Å²) in [5, 5.41) is 5.58. The van der Waals surface area contributed by atoms with Gasteiger partial charge in [-0.15, -0.1) is 0 Å². The maximum atomic E-state index is 6.03. The van der Waals surface area contributed by atoms with E-state index in [-0.39, 0.29) is 0 Å². The summed E-state index contributed by atoms with van der Waals surface area (Å²) in [5.41, 5.74) is 2.43. The number of aryl methyl sites for hydroxylation is 1. The molecule has 1 saturated heterocycles. The molecular formula is C15H17Cl2N3. The van der Waals surface area contributed by atoms with Gasteiger partial charge in [0.05, 0.1) is 16.2 Å². The fourth-order valence-corrected chi connectivity index (χ4v) is 2.97. The van der Waals surface area contributed by atoms with Crippen molar-refractivity contribution in [3.8, 4) is 0 Å². The van der Waals surface area contributed by atoms with E-state index < -0.39 is 0 Å². The van der Waals surface area contributed by atoms with Gasteiger partial charge in [0, 0.05) is 38.3 Å². The average molecular weight is 310 g/mol. The Bertz CT molecular complexity index is 603. The summed E-state index contributed by atoms with van der Waals surface area (Å²) in [6, 6.07) is 5.86. The van der Waals surface area contributed by atoms with Crippen LogP contribution in [-0.2, 0) is 13.1 Å². The number of hydrogen-bond donors (Lipinski definition) is 0. The monoisotopic (exact) mass is 309 g/mol. The molecule has 3 rings (SSSR count). The zero-order valence-electron chi connectivity index (χ0n) is 11.4. The Morgan fingerprint density at radius 1 is 1.25 bits per heavy atom. The SMILES string of the molecule is Cc1cnn(CC2CN(Cc3ccc(Cl)c(Cl)c3)C2)c1. The molecule has 3 nitrogen and oxygen atoms in total. The van der Waals surface area contributed by atoms with Crippen LogP contribution in [0.1, 0.15) is 11.1 Å². The lowest BCUT2D eigenvalue weighted by Gasteiger charge is -2.39. The van der Waals surface area contributed by atoms with Gasteiger partial charge in [0.2, 0.25) is 0 Å². The molecule has 0 spiro atoms. The van der Waals surface area contributed by atoms with Crippen LogP contribution in [0.2, 0.25) is 10.0 Å². The molecule has 0 saturated carbocycles. The molecule has 0 radical (unpaired) electrons. The lowest BCUT2D eigenvalue weighted by atomic mass is 9.99. The van der Waals surface area contributed by atoms with Crippen molar-refractivity contribution in [1.29, 1.82) is 0 Å². The Balaban J connectivity index is 1.49. The summed E-state index contributed by atoms with van der Waals surface area (Å²) in [6.45, 7) is 6.23. The molecule has 2 heterocycles. The molecule has 0 aliphatic carbocycles. The van der Waals surface area contributed by atoms with Gasteiger partial charge in [-0.25, -0.2) is 0 Å². The Labute approximate surface area is 129 Å². The number of aromatic nitrogens is 2. The highest BCUT2D eigenvalue weighted by molar-refractivity contribution is 6.42. The van der Waals surface area contributed by atoms with E-state index in [0.717, 1.165) is 26.2 Å². The Morgan fingerprint density at radius 2 is 2.05 bits per heavy atom. The van der Waals surface area contributed by atoms with Gasteiger partial charge in [-0.2, -0.15) is 5.10 Å². The second-order valence-electron chi connectivity index (χ2n) is 5.55. The molecule has 0 N–H and O–H groups in total. The smallest absolute Gasteiger partial charge is 0.0595 e. The molecule has 0 amide bonds. The first kappa shape index (κ1) is 13.9. The first-order chi connectivity index (χ1) is 9.60. The molecule has 20 heavy (non-hydrogen) atoms. The van der Waals surface area contributed by atoms with Crippen LogP contribution < -0.4 is 0 Å². The molecule has 1 aliphatic heterocycles. The van der Waals surface area contributed by atoms with E-state index in [1.807, 2.05) is 29.1 Å². The van der Waals surface area contributed by atoms with Gasteiger partial charge in [-0.1, -0.05) is 29.3 Å². The molecule has 106 valence electrons. The van der Waals surface area contributed by atoms with Gasteiger partial charge >= 0.3 is 0 Å². The van der Waals surface area contributed by atoms with Crippen LogP contribution in [0, 0.1) is 12.8 Å². The fraction of sp³-hybridized carbons (Fsp3) is 0.400. The van der Waals surface area contributed by atoms with Crippen LogP contribution in [0.15, 0.2) is 30.6 Å². The normalized spacial score (nSPS) is 16.4. The lowest BCUT2D eigenvalue weighted by molar-refractivity contribution is 0.0778. The van der Waals surface area contributed by atoms with Crippen LogP contribution in [0.4, 0.5) is 0 Å². The van der Waals surface area contributed by atoms with Gasteiger partial charge < -0.3 is 0 Å². The first-order valence-corrected chi connectivity index (χ1v) is 7.51. The Morgan fingerprint density at radius 3 is 2.70 bits per heavy atom. The van der Waals surface area contributed by atoms with E-state index in [0.29, 0.717) is 16.0 Å². The van der Waals surface area contributed by atoms with E-state index in [1.165, 1.54) is 11.1 Å². The van der Waals surface area contributed by atoms with Crippen LogP contribution in [0.25, 0.3) is 0 Å². The minimum atomic E-state index is 0.617. The average Bonchev–Trinajstić information content (AvgIpc) is 2.77. The van der Waals surface area contributed by atoms with Gasteiger partial charge in [-0.3, -0.25) is 9.58 Å². The molecule has 1 aromatic carbocycles. The minimum Gasteiger partial charge on any atom is -0.298 e. The third kappa shape index (κ3) is 3.17. The number of halogens is 2. The van der Waals surface area contributed by atoms with Gasteiger partial charge in [-0.05, 0) is 30.2 Å². The molecule has 1 aromatic heterocycles. The second-order valence-corrected chi connectivity index (χ2v) is 6.36. The summed E-state index contributed by atoms with van der Waals surface area (Å²) < 4.78 is 2.04. The Kier molecular flexibility index (Phi) is 4.01. The van der Waals surface area contributed by atoms with Crippen LogP contribution in [0.5, 0.6) is 0 Å². The molecule has 5 heteroatoms. The van der Waals surface area contributed by atoms with Crippen LogP contribution >= 0.6 is 23.2 Å². The summed E-state index contributed by atoms with van der Waals surface area (Å²) in [7, 11) is 0. The minimum absolute atomic E-state index is 0.617. The lowest BCUT2D eigenvalue weighted by Crippen LogP contribution is -2.47. The van der Waals surface area contributed by atoms with Crippen molar-refractivity contribution in [2.45, 2.75) is 20.0 Å². The molecule has 1 fully saturated rings. The number of likely N-dealkylation sites (tertiary alicyclic amines) is 1. The molecule has 0 bridgehead atoms. The van der Waals surface area contributed by atoms with E-state index in [4.69, 9.17) is 23.2 Å². The summed E-state index contributed by atoms with van der Waals surface area (Å²) in [5.74, 6) is 0.692. The maximum Gasteiger partial charge on any atom is 0.0595 e. The van der Waals surface area contributed by atoms with E-state index in [1.54, 1.807) is 0 Å². The van der Waals surface area contributed by atoms with E-state index in [9.17, 15) is 0 Å². The third-order valence-corrected chi connectivity index (χ3v) is 4.37.